The second-order valence-corrected chi connectivity index (χ2v) is 4.94. The first-order valence-electron chi connectivity index (χ1n) is 6.12. The number of halogens is 1. The van der Waals surface area contributed by atoms with E-state index in [0.717, 1.165) is 18.5 Å². The molecule has 1 amide bonds. The van der Waals surface area contributed by atoms with Gasteiger partial charge in [-0.3, -0.25) is 4.79 Å². The topological polar surface area (TPSA) is 54.9 Å². The molecule has 1 fully saturated rings. The number of hydrogen-bond donors (Lipinski definition) is 1. The lowest BCUT2D eigenvalue weighted by Gasteiger charge is -2.06. The summed E-state index contributed by atoms with van der Waals surface area (Å²) in [5.41, 5.74) is 1.90. The molecule has 1 aliphatic rings. The largest absolute Gasteiger partial charge is 0.319 e. The fourth-order valence-corrected chi connectivity index (χ4v) is 2.03. The molecule has 2 aromatic rings. The molecular weight excluding hydrogens is 262 g/mol. The zero-order chi connectivity index (χ0) is 13.2. The first-order valence-corrected chi connectivity index (χ1v) is 6.49. The van der Waals surface area contributed by atoms with Gasteiger partial charge in [0.2, 0.25) is 0 Å². The van der Waals surface area contributed by atoms with Crippen LogP contribution in [0.5, 0.6) is 0 Å². The van der Waals surface area contributed by atoms with Gasteiger partial charge in [0.25, 0.3) is 5.91 Å². The number of carbonyl (C=O) groups excluding carboxylic acids is 1. The van der Waals surface area contributed by atoms with Crippen LogP contribution in [0, 0.1) is 0 Å². The van der Waals surface area contributed by atoms with Gasteiger partial charge in [-0.2, -0.15) is 0 Å². The molecule has 3 rings (SSSR count). The van der Waals surface area contributed by atoms with Crippen molar-refractivity contribution < 1.29 is 4.79 Å². The first-order chi connectivity index (χ1) is 9.24. The van der Waals surface area contributed by atoms with Crippen LogP contribution in [0.15, 0.2) is 36.7 Å². The fraction of sp³-hybridized carbons (Fsp3) is 0.214. The minimum absolute atomic E-state index is 0.266. The molecular formula is C14H12ClN3O. The monoisotopic (exact) mass is 273 g/mol. The zero-order valence-electron chi connectivity index (χ0n) is 10.1. The molecule has 0 saturated heterocycles. The lowest BCUT2D eigenvalue weighted by molar-refractivity contribution is 0.102. The Kier molecular flexibility index (Phi) is 3.17. The smallest absolute Gasteiger partial charge is 0.274 e. The van der Waals surface area contributed by atoms with Gasteiger partial charge in [-0.05, 0) is 31.0 Å². The lowest BCUT2D eigenvalue weighted by Crippen LogP contribution is -2.14. The van der Waals surface area contributed by atoms with Crippen molar-refractivity contribution in [2.24, 2.45) is 0 Å². The Morgan fingerprint density at radius 1 is 1.26 bits per heavy atom. The quantitative estimate of drug-likeness (QED) is 0.934. The van der Waals surface area contributed by atoms with Crippen LogP contribution < -0.4 is 5.32 Å². The Balaban J connectivity index is 1.80. The van der Waals surface area contributed by atoms with Crippen LogP contribution in [0.2, 0.25) is 5.02 Å². The van der Waals surface area contributed by atoms with Gasteiger partial charge in [0.05, 0.1) is 10.7 Å². The maximum absolute atomic E-state index is 12.1. The normalized spacial score (nSPS) is 14.2. The van der Waals surface area contributed by atoms with Crippen LogP contribution in [0.1, 0.15) is 34.9 Å². The molecule has 1 saturated carbocycles. The lowest BCUT2D eigenvalue weighted by atomic mass is 10.2. The SMILES string of the molecule is O=C(Nc1ccccc1Cl)c1cc(C2CC2)ncn1. The van der Waals surface area contributed by atoms with Crippen molar-refractivity contribution in [2.45, 2.75) is 18.8 Å². The highest BCUT2D eigenvalue weighted by molar-refractivity contribution is 6.33. The van der Waals surface area contributed by atoms with E-state index in [0.29, 0.717) is 22.3 Å². The highest BCUT2D eigenvalue weighted by atomic mass is 35.5. The van der Waals surface area contributed by atoms with Crippen LogP contribution >= 0.6 is 11.6 Å². The average Bonchev–Trinajstić information content (AvgIpc) is 3.26. The molecule has 1 aromatic carbocycles. The number of carbonyl (C=O) groups is 1. The Morgan fingerprint density at radius 2 is 2.05 bits per heavy atom. The number of amides is 1. The van der Waals surface area contributed by atoms with Gasteiger partial charge in [0, 0.05) is 11.6 Å². The molecule has 0 aliphatic heterocycles. The summed E-state index contributed by atoms with van der Waals surface area (Å²) in [6.07, 6.45) is 3.72. The van der Waals surface area contributed by atoms with Crippen molar-refractivity contribution in [2.75, 3.05) is 5.32 Å². The Bertz CT molecular complexity index is 626. The van der Waals surface area contributed by atoms with Gasteiger partial charge in [-0.1, -0.05) is 23.7 Å². The molecule has 0 radical (unpaired) electrons. The van der Waals surface area contributed by atoms with E-state index < -0.39 is 0 Å². The summed E-state index contributed by atoms with van der Waals surface area (Å²) in [7, 11) is 0. The van der Waals surface area contributed by atoms with E-state index in [1.165, 1.54) is 6.33 Å². The van der Waals surface area contributed by atoms with Crippen LogP contribution in [0.3, 0.4) is 0 Å². The van der Waals surface area contributed by atoms with E-state index in [1.807, 2.05) is 12.1 Å². The molecule has 1 aliphatic carbocycles. The average molecular weight is 274 g/mol. The molecule has 4 nitrogen and oxygen atoms in total. The third kappa shape index (κ3) is 2.74. The highest BCUT2D eigenvalue weighted by Crippen LogP contribution is 2.38. The maximum atomic E-state index is 12.1. The standard InChI is InChI=1S/C14H12ClN3O/c15-10-3-1-2-4-11(10)18-14(19)13-7-12(9-5-6-9)16-8-17-13/h1-4,7-9H,5-6H2,(H,18,19). The first kappa shape index (κ1) is 12.1. The summed E-state index contributed by atoms with van der Waals surface area (Å²) in [6, 6.07) is 8.87. The summed E-state index contributed by atoms with van der Waals surface area (Å²) < 4.78 is 0. The Morgan fingerprint density at radius 3 is 2.79 bits per heavy atom. The van der Waals surface area contributed by atoms with Crippen LogP contribution in [0.25, 0.3) is 0 Å². The molecule has 5 heteroatoms. The van der Waals surface area contributed by atoms with Crippen molar-refractivity contribution in [1.29, 1.82) is 0 Å². The van der Waals surface area contributed by atoms with Crippen LogP contribution in [-0.4, -0.2) is 15.9 Å². The molecule has 19 heavy (non-hydrogen) atoms. The minimum atomic E-state index is -0.266. The molecule has 0 unspecified atom stereocenters. The van der Waals surface area contributed by atoms with Crippen molar-refractivity contribution in [3.63, 3.8) is 0 Å². The molecule has 0 atom stereocenters. The Labute approximate surface area is 115 Å². The van der Waals surface area contributed by atoms with Crippen LogP contribution in [-0.2, 0) is 0 Å². The van der Waals surface area contributed by atoms with Crippen molar-refractivity contribution in [3.8, 4) is 0 Å². The summed E-state index contributed by atoms with van der Waals surface area (Å²) in [4.78, 5) is 20.3. The van der Waals surface area contributed by atoms with Gasteiger partial charge in [0.15, 0.2) is 0 Å². The number of anilines is 1. The molecule has 1 aromatic heterocycles. The van der Waals surface area contributed by atoms with E-state index in [9.17, 15) is 4.79 Å². The second kappa shape index (κ2) is 4.97. The van der Waals surface area contributed by atoms with Crippen molar-refractivity contribution in [3.05, 3.63) is 53.1 Å². The number of aromatic nitrogens is 2. The Hall–Kier alpha value is -1.94. The van der Waals surface area contributed by atoms with Crippen LogP contribution in [0.4, 0.5) is 5.69 Å². The molecule has 96 valence electrons. The summed E-state index contributed by atoms with van der Waals surface area (Å²) in [5, 5.41) is 3.26. The van der Waals surface area contributed by atoms with Gasteiger partial charge in [0.1, 0.15) is 12.0 Å². The van der Waals surface area contributed by atoms with E-state index in [1.54, 1.807) is 18.2 Å². The minimum Gasteiger partial charge on any atom is -0.319 e. The molecule has 1 heterocycles. The number of hydrogen-bond acceptors (Lipinski definition) is 3. The van der Waals surface area contributed by atoms with Gasteiger partial charge in [-0.15, -0.1) is 0 Å². The predicted molar refractivity (Wildman–Crippen MR) is 73.4 cm³/mol. The third-order valence-electron chi connectivity index (χ3n) is 3.04. The van der Waals surface area contributed by atoms with Gasteiger partial charge in [-0.25, -0.2) is 9.97 Å². The molecule has 0 bridgehead atoms. The zero-order valence-corrected chi connectivity index (χ0v) is 10.9. The second-order valence-electron chi connectivity index (χ2n) is 4.54. The number of para-hydroxylation sites is 1. The highest BCUT2D eigenvalue weighted by Gasteiger charge is 2.26. The third-order valence-corrected chi connectivity index (χ3v) is 3.37. The number of benzene rings is 1. The summed E-state index contributed by atoms with van der Waals surface area (Å²) in [5.74, 6) is 0.229. The number of nitrogens with one attached hydrogen (secondary N) is 1. The van der Waals surface area contributed by atoms with Gasteiger partial charge < -0.3 is 5.32 Å². The summed E-state index contributed by atoms with van der Waals surface area (Å²) in [6.45, 7) is 0. The van der Waals surface area contributed by atoms with Gasteiger partial charge >= 0.3 is 0 Å². The predicted octanol–water partition coefficient (Wildman–Crippen LogP) is 3.26. The maximum Gasteiger partial charge on any atom is 0.274 e. The molecule has 0 spiro atoms. The number of rotatable bonds is 3. The van der Waals surface area contributed by atoms with E-state index in [2.05, 4.69) is 15.3 Å². The number of nitrogens with zero attached hydrogens (tertiary/aromatic N) is 2. The molecule has 1 N–H and O–H groups in total. The fourth-order valence-electron chi connectivity index (χ4n) is 1.85. The van der Waals surface area contributed by atoms with E-state index in [4.69, 9.17) is 11.6 Å². The van der Waals surface area contributed by atoms with Crippen molar-refractivity contribution >= 4 is 23.2 Å². The summed E-state index contributed by atoms with van der Waals surface area (Å²) >= 11 is 6.00. The van der Waals surface area contributed by atoms with Crippen molar-refractivity contribution in [1.82, 2.24) is 9.97 Å². The van der Waals surface area contributed by atoms with E-state index in [-0.39, 0.29) is 5.91 Å². The van der Waals surface area contributed by atoms with E-state index >= 15 is 0 Å².